The largest absolute Gasteiger partial charge is 0.359 e. The molecule has 1 heterocycles. The predicted octanol–water partition coefficient (Wildman–Crippen LogP) is 0.892. The van der Waals surface area contributed by atoms with E-state index in [2.05, 4.69) is 15.5 Å². The van der Waals surface area contributed by atoms with E-state index in [1.54, 1.807) is 7.05 Å². The van der Waals surface area contributed by atoms with Crippen LogP contribution in [-0.4, -0.2) is 48.4 Å². The van der Waals surface area contributed by atoms with Crippen molar-refractivity contribution in [2.24, 2.45) is 0 Å². The van der Waals surface area contributed by atoms with Gasteiger partial charge in [-0.1, -0.05) is 0 Å². The summed E-state index contributed by atoms with van der Waals surface area (Å²) >= 11 is 0. The highest BCUT2D eigenvalue weighted by Crippen LogP contribution is 2.15. The molecule has 0 spiro atoms. The summed E-state index contributed by atoms with van der Waals surface area (Å²) < 4.78 is 0. The van der Waals surface area contributed by atoms with E-state index in [1.807, 2.05) is 20.8 Å². The summed E-state index contributed by atoms with van der Waals surface area (Å²) in [5.74, 6) is 0.0683. The third-order valence-corrected chi connectivity index (χ3v) is 3.79. The van der Waals surface area contributed by atoms with Gasteiger partial charge < -0.3 is 10.6 Å². The van der Waals surface area contributed by atoms with Gasteiger partial charge in [0.1, 0.15) is 0 Å². The lowest BCUT2D eigenvalue weighted by Crippen LogP contribution is -2.51. The molecule has 0 bridgehead atoms. The summed E-state index contributed by atoms with van der Waals surface area (Å²) in [5, 5.41) is 5.65. The second kappa shape index (κ2) is 6.89. The fourth-order valence-electron chi connectivity index (χ4n) is 2.35. The number of hydrogen-bond acceptors (Lipinski definition) is 3. The van der Waals surface area contributed by atoms with E-state index in [0.29, 0.717) is 12.8 Å². The van der Waals surface area contributed by atoms with E-state index in [4.69, 9.17) is 0 Å². The van der Waals surface area contributed by atoms with Crippen LogP contribution in [-0.2, 0) is 9.59 Å². The van der Waals surface area contributed by atoms with Gasteiger partial charge in [-0.3, -0.25) is 14.5 Å². The molecule has 1 saturated heterocycles. The molecule has 0 aromatic heterocycles. The highest BCUT2D eigenvalue weighted by atomic mass is 16.2. The maximum Gasteiger partial charge on any atom is 0.237 e. The molecule has 2 N–H and O–H groups in total. The lowest BCUT2D eigenvalue weighted by Gasteiger charge is -2.30. The van der Waals surface area contributed by atoms with E-state index in [-0.39, 0.29) is 23.4 Å². The summed E-state index contributed by atoms with van der Waals surface area (Å²) in [6.07, 6.45) is 3.43. The molecule has 1 atom stereocenters. The molecule has 5 nitrogen and oxygen atoms in total. The Balaban J connectivity index is 2.42. The molecule has 1 rings (SSSR count). The third kappa shape index (κ3) is 5.19. The van der Waals surface area contributed by atoms with Crippen LogP contribution in [0.3, 0.4) is 0 Å². The molecule has 0 aliphatic carbocycles. The smallest absolute Gasteiger partial charge is 0.237 e. The number of nitrogens with one attached hydrogen (secondary N) is 2. The lowest BCUT2D eigenvalue weighted by molar-refractivity contribution is -0.128. The van der Waals surface area contributed by atoms with Gasteiger partial charge in [-0.05, 0) is 53.1 Å². The average Bonchev–Trinajstić information content (AvgIpc) is 2.88. The Morgan fingerprint density at radius 2 is 1.84 bits per heavy atom. The lowest BCUT2D eigenvalue weighted by atomic mass is 9.97. The minimum Gasteiger partial charge on any atom is -0.359 e. The first-order chi connectivity index (χ1) is 8.85. The van der Waals surface area contributed by atoms with Gasteiger partial charge in [0.2, 0.25) is 11.8 Å². The van der Waals surface area contributed by atoms with Crippen molar-refractivity contribution >= 4 is 11.8 Å². The SMILES string of the molecule is CNC(=O)CCC(C)(C)NC(=O)[C@@H](C)N1CCCC1. The summed E-state index contributed by atoms with van der Waals surface area (Å²) in [6.45, 7) is 7.89. The summed E-state index contributed by atoms with van der Waals surface area (Å²) in [4.78, 5) is 25.7. The van der Waals surface area contributed by atoms with Crippen LogP contribution in [0.4, 0.5) is 0 Å². The van der Waals surface area contributed by atoms with E-state index >= 15 is 0 Å². The van der Waals surface area contributed by atoms with Crippen LogP contribution in [0.25, 0.3) is 0 Å². The van der Waals surface area contributed by atoms with Gasteiger partial charge in [-0.15, -0.1) is 0 Å². The zero-order valence-corrected chi connectivity index (χ0v) is 12.6. The third-order valence-electron chi connectivity index (χ3n) is 3.79. The minimum atomic E-state index is -0.350. The molecule has 0 aromatic rings. The molecule has 2 amide bonds. The van der Waals surface area contributed by atoms with Crippen LogP contribution < -0.4 is 10.6 Å². The number of carbonyl (C=O) groups excluding carboxylic acids is 2. The number of nitrogens with zero attached hydrogens (tertiary/aromatic N) is 1. The van der Waals surface area contributed by atoms with Crippen LogP contribution in [0.5, 0.6) is 0 Å². The molecule has 19 heavy (non-hydrogen) atoms. The normalized spacial score (nSPS) is 18.1. The molecule has 0 unspecified atom stereocenters. The molecule has 0 radical (unpaired) electrons. The Bertz CT molecular complexity index is 323. The van der Waals surface area contributed by atoms with E-state index in [0.717, 1.165) is 13.1 Å². The Morgan fingerprint density at radius 1 is 1.26 bits per heavy atom. The Morgan fingerprint density at radius 3 is 2.37 bits per heavy atom. The first-order valence-electron chi connectivity index (χ1n) is 7.12. The van der Waals surface area contributed by atoms with E-state index < -0.39 is 0 Å². The van der Waals surface area contributed by atoms with Gasteiger partial charge in [-0.25, -0.2) is 0 Å². The number of hydrogen-bond donors (Lipinski definition) is 2. The highest BCUT2D eigenvalue weighted by molar-refractivity contribution is 5.82. The monoisotopic (exact) mass is 269 g/mol. The average molecular weight is 269 g/mol. The Hall–Kier alpha value is -1.10. The van der Waals surface area contributed by atoms with Gasteiger partial charge in [0.25, 0.3) is 0 Å². The van der Waals surface area contributed by atoms with Crippen LogP contribution >= 0.6 is 0 Å². The molecule has 5 heteroatoms. The molecular formula is C14H27N3O2. The minimum absolute atomic E-state index is 0.00918. The molecule has 1 fully saturated rings. The van der Waals surface area contributed by atoms with Crippen molar-refractivity contribution in [1.82, 2.24) is 15.5 Å². The van der Waals surface area contributed by atoms with Gasteiger partial charge in [0.15, 0.2) is 0 Å². The summed E-state index contributed by atoms with van der Waals surface area (Å²) in [6, 6.07) is -0.0817. The summed E-state index contributed by atoms with van der Waals surface area (Å²) in [7, 11) is 1.63. The van der Waals surface area contributed by atoms with Crippen molar-refractivity contribution in [3.05, 3.63) is 0 Å². The Labute approximate surface area is 116 Å². The van der Waals surface area contributed by atoms with Crippen molar-refractivity contribution in [1.29, 1.82) is 0 Å². The van der Waals surface area contributed by atoms with E-state index in [1.165, 1.54) is 12.8 Å². The number of amides is 2. The number of rotatable bonds is 6. The van der Waals surface area contributed by atoms with Crippen LogP contribution in [0.1, 0.15) is 46.5 Å². The molecule has 1 aliphatic rings. The number of likely N-dealkylation sites (tertiary alicyclic amines) is 1. The Kier molecular flexibility index (Phi) is 5.79. The van der Waals surface area contributed by atoms with Crippen molar-refractivity contribution in [3.63, 3.8) is 0 Å². The second-order valence-corrected chi connectivity index (χ2v) is 5.97. The quantitative estimate of drug-likeness (QED) is 0.753. The van der Waals surface area contributed by atoms with Crippen molar-refractivity contribution in [2.75, 3.05) is 20.1 Å². The van der Waals surface area contributed by atoms with Crippen LogP contribution in [0.15, 0.2) is 0 Å². The fourth-order valence-corrected chi connectivity index (χ4v) is 2.35. The zero-order valence-electron chi connectivity index (χ0n) is 12.6. The topological polar surface area (TPSA) is 61.4 Å². The van der Waals surface area contributed by atoms with Crippen LogP contribution in [0.2, 0.25) is 0 Å². The number of carbonyl (C=O) groups is 2. The maximum atomic E-state index is 12.2. The summed E-state index contributed by atoms with van der Waals surface area (Å²) in [5.41, 5.74) is -0.350. The molecule has 110 valence electrons. The first-order valence-corrected chi connectivity index (χ1v) is 7.12. The van der Waals surface area contributed by atoms with Crippen molar-refractivity contribution < 1.29 is 9.59 Å². The standard InChI is InChI=1S/C14H27N3O2/c1-11(17-9-5-6-10-17)13(19)16-14(2,3)8-7-12(18)15-4/h11H,5-10H2,1-4H3,(H,15,18)(H,16,19)/t11-/m1/s1. The molecular weight excluding hydrogens is 242 g/mol. The predicted molar refractivity (Wildman–Crippen MR) is 75.8 cm³/mol. The highest BCUT2D eigenvalue weighted by Gasteiger charge is 2.28. The van der Waals surface area contributed by atoms with Gasteiger partial charge in [-0.2, -0.15) is 0 Å². The fraction of sp³-hybridized carbons (Fsp3) is 0.857. The van der Waals surface area contributed by atoms with Crippen molar-refractivity contribution in [3.8, 4) is 0 Å². The molecule has 0 aromatic carbocycles. The second-order valence-electron chi connectivity index (χ2n) is 5.97. The zero-order chi connectivity index (χ0) is 14.5. The van der Waals surface area contributed by atoms with Crippen molar-refractivity contribution in [2.45, 2.75) is 58.0 Å². The van der Waals surface area contributed by atoms with E-state index in [9.17, 15) is 9.59 Å². The molecule has 0 saturated carbocycles. The van der Waals surface area contributed by atoms with Crippen LogP contribution in [0, 0.1) is 0 Å². The van der Waals surface area contributed by atoms with Gasteiger partial charge in [0.05, 0.1) is 6.04 Å². The van der Waals surface area contributed by atoms with Gasteiger partial charge in [0, 0.05) is 19.0 Å². The maximum absolute atomic E-state index is 12.2. The molecule has 1 aliphatic heterocycles. The first kappa shape index (κ1) is 16.0. The van der Waals surface area contributed by atoms with Gasteiger partial charge >= 0.3 is 0 Å².